The Bertz CT molecular complexity index is 1090. The Morgan fingerprint density at radius 3 is 1.97 bits per heavy atom. The van der Waals surface area contributed by atoms with Gasteiger partial charge in [-0.1, -0.05) is 45.9 Å². The first-order valence-electron chi connectivity index (χ1n) is 9.48. The van der Waals surface area contributed by atoms with Gasteiger partial charge in [-0.3, -0.25) is 4.55 Å². The molecule has 0 bridgehead atoms. The smallest absolute Gasteiger partial charge is 0.294 e. The number of fused-ring (bicyclic) bond motifs is 1. The van der Waals surface area contributed by atoms with Crippen molar-refractivity contribution in [3.8, 4) is 5.75 Å². The number of hydrogen-bond donors (Lipinski definition) is 2. The molecule has 0 radical (unpaired) electrons. The van der Waals surface area contributed by atoms with Gasteiger partial charge >= 0.3 is 0 Å². The Balaban J connectivity index is 0.000000989. The molecule has 3 aromatic rings. The van der Waals surface area contributed by atoms with Gasteiger partial charge in [0.25, 0.3) is 10.1 Å². The SMILES string of the molecule is CC.CC.Cc1cc2c(O)c(N=Nc3ccccc3)c(C)cc2cc1S(=O)(=O)O. The first-order valence-corrected chi connectivity index (χ1v) is 10.9. The van der Waals surface area contributed by atoms with Crippen LogP contribution in [0.5, 0.6) is 5.75 Å². The predicted octanol–water partition coefficient (Wildman–Crippen LogP) is 6.88. The van der Waals surface area contributed by atoms with Crippen molar-refractivity contribution in [2.24, 2.45) is 10.2 Å². The minimum absolute atomic E-state index is 0.0836. The van der Waals surface area contributed by atoms with E-state index in [4.69, 9.17) is 0 Å². The van der Waals surface area contributed by atoms with Gasteiger partial charge in [-0.2, -0.15) is 13.5 Å². The highest BCUT2D eigenvalue weighted by Crippen LogP contribution is 2.40. The van der Waals surface area contributed by atoms with Crippen LogP contribution in [0.4, 0.5) is 11.4 Å². The topological polar surface area (TPSA) is 99.3 Å². The highest BCUT2D eigenvalue weighted by molar-refractivity contribution is 7.85. The van der Waals surface area contributed by atoms with Gasteiger partial charge < -0.3 is 5.11 Å². The van der Waals surface area contributed by atoms with Crippen LogP contribution in [0, 0.1) is 13.8 Å². The average molecular weight is 417 g/mol. The van der Waals surface area contributed by atoms with Crippen LogP contribution in [0.25, 0.3) is 10.8 Å². The van der Waals surface area contributed by atoms with Gasteiger partial charge in [0.2, 0.25) is 0 Å². The number of nitrogens with zero attached hydrogens (tertiary/aromatic N) is 2. The maximum atomic E-state index is 11.5. The number of aryl methyl sites for hydroxylation is 2. The first-order chi connectivity index (χ1) is 13.8. The lowest BCUT2D eigenvalue weighted by atomic mass is 10.0. The number of azo groups is 1. The van der Waals surface area contributed by atoms with Crippen LogP contribution >= 0.6 is 0 Å². The first kappa shape index (κ1) is 24.3. The molecule has 0 aliphatic rings. The summed E-state index contributed by atoms with van der Waals surface area (Å²) in [6, 6.07) is 13.7. The molecule has 0 aliphatic carbocycles. The van der Waals surface area contributed by atoms with Crippen molar-refractivity contribution in [1.82, 2.24) is 0 Å². The van der Waals surface area contributed by atoms with Crippen molar-refractivity contribution in [3.05, 3.63) is 59.7 Å². The number of aromatic hydroxyl groups is 1. The van der Waals surface area contributed by atoms with Crippen LogP contribution in [-0.2, 0) is 10.1 Å². The van der Waals surface area contributed by atoms with Crippen molar-refractivity contribution in [2.45, 2.75) is 46.4 Å². The molecular formula is C22H28N2O4S. The highest BCUT2D eigenvalue weighted by Gasteiger charge is 2.17. The van der Waals surface area contributed by atoms with Crippen molar-refractivity contribution in [3.63, 3.8) is 0 Å². The molecule has 0 saturated heterocycles. The van der Waals surface area contributed by atoms with Gasteiger partial charge in [0, 0.05) is 5.39 Å². The summed E-state index contributed by atoms with van der Waals surface area (Å²) in [5.41, 5.74) is 1.93. The van der Waals surface area contributed by atoms with E-state index in [1.807, 2.05) is 45.9 Å². The van der Waals surface area contributed by atoms with Crippen LogP contribution in [0.15, 0.2) is 63.7 Å². The molecule has 2 N–H and O–H groups in total. The van der Waals surface area contributed by atoms with Crippen molar-refractivity contribution in [1.29, 1.82) is 0 Å². The van der Waals surface area contributed by atoms with Crippen molar-refractivity contribution < 1.29 is 18.1 Å². The zero-order valence-corrected chi connectivity index (χ0v) is 18.4. The Labute approximate surface area is 172 Å². The van der Waals surface area contributed by atoms with E-state index >= 15 is 0 Å². The molecule has 0 unspecified atom stereocenters. The van der Waals surface area contributed by atoms with Gasteiger partial charge in [-0.05, 0) is 60.7 Å². The second-order valence-corrected chi connectivity index (χ2v) is 7.13. The van der Waals surface area contributed by atoms with E-state index in [0.29, 0.717) is 33.3 Å². The van der Waals surface area contributed by atoms with Gasteiger partial charge in [0.05, 0.1) is 10.6 Å². The lowest BCUT2D eigenvalue weighted by molar-refractivity contribution is 0.480. The summed E-state index contributed by atoms with van der Waals surface area (Å²) in [5, 5.41) is 19.7. The third kappa shape index (κ3) is 5.85. The molecule has 156 valence electrons. The fourth-order valence-corrected chi connectivity index (χ4v) is 3.39. The second-order valence-electron chi connectivity index (χ2n) is 5.74. The minimum Gasteiger partial charge on any atom is -0.505 e. The molecule has 0 heterocycles. The molecule has 3 aromatic carbocycles. The van der Waals surface area contributed by atoms with E-state index in [1.54, 1.807) is 32.0 Å². The second kappa shape index (κ2) is 10.7. The normalized spacial score (nSPS) is 10.9. The monoisotopic (exact) mass is 416 g/mol. The van der Waals surface area contributed by atoms with Crippen molar-refractivity contribution >= 4 is 32.3 Å². The summed E-state index contributed by atoms with van der Waals surface area (Å²) in [6.45, 7) is 11.3. The molecule has 0 atom stereocenters. The van der Waals surface area contributed by atoms with E-state index in [-0.39, 0.29) is 10.6 Å². The third-order valence-corrected chi connectivity index (χ3v) is 4.87. The summed E-state index contributed by atoms with van der Waals surface area (Å²) in [6.07, 6.45) is 0. The molecule has 0 aromatic heterocycles. The Morgan fingerprint density at radius 1 is 0.828 bits per heavy atom. The molecule has 7 heteroatoms. The Hall–Kier alpha value is -2.77. The van der Waals surface area contributed by atoms with E-state index in [1.165, 1.54) is 12.1 Å². The molecule has 0 aliphatic heterocycles. The molecular weight excluding hydrogens is 388 g/mol. The zero-order valence-electron chi connectivity index (χ0n) is 17.6. The van der Waals surface area contributed by atoms with E-state index in [9.17, 15) is 18.1 Å². The number of benzene rings is 3. The minimum atomic E-state index is -4.33. The lowest BCUT2D eigenvalue weighted by Gasteiger charge is -2.10. The molecule has 6 nitrogen and oxygen atoms in total. The van der Waals surface area contributed by atoms with Gasteiger partial charge in [0.1, 0.15) is 5.69 Å². The third-order valence-electron chi connectivity index (χ3n) is 3.87. The Kier molecular flexibility index (Phi) is 8.94. The maximum Gasteiger partial charge on any atom is 0.294 e. The number of phenolic OH excluding ortho intramolecular Hbond substituents is 1. The zero-order chi connectivity index (χ0) is 22.2. The van der Waals surface area contributed by atoms with Crippen LogP contribution in [0.3, 0.4) is 0 Å². The number of phenols is 1. The van der Waals surface area contributed by atoms with Crippen LogP contribution in [0.1, 0.15) is 38.8 Å². The number of hydrogen-bond acceptors (Lipinski definition) is 5. The molecule has 0 saturated carbocycles. The predicted molar refractivity (Wildman–Crippen MR) is 118 cm³/mol. The molecule has 0 spiro atoms. The molecule has 0 amide bonds. The maximum absolute atomic E-state index is 11.5. The number of rotatable bonds is 3. The van der Waals surface area contributed by atoms with Gasteiger partial charge in [-0.25, -0.2) is 0 Å². The standard InChI is InChI=1S/C18H16N2O4S.2C2H6/c1-11-9-15-13(10-16(11)25(22,23)24)8-12(2)17(18(15)21)20-19-14-6-4-3-5-7-14;2*1-2/h3-10,21H,1-2H3,(H,22,23,24);2*1-2H3. The van der Waals surface area contributed by atoms with Crippen LogP contribution in [0.2, 0.25) is 0 Å². The molecule has 3 rings (SSSR count). The lowest BCUT2D eigenvalue weighted by Crippen LogP contribution is -2.01. The average Bonchev–Trinajstić information content (AvgIpc) is 2.71. The van der Waals surface area contributed by atoms with Gasteiger partial charge in [-0.15, -0.1) is 5.11 Å². The van der Waals surface area contributed by atoms with E-state index in [0.717, 1.165) is 0 Å². The quantitative estimate of drug-likeness (QED) is 0.359. The molecule has 29 heavy (non-hydrogen) atoms. The summed E-state index contributed by atoms with van der Waals surface area (Å²) in [5.74, 6) is -0.0836. The molecule has 0 fully saturated rings. The highest BCUT2D eigenvalue weighted by atomic mass is 32.2. The van der Waals surface area contributed by atoms with E-state index in [2.05, 4.69) is 10.2 Å². The fraction of sp³-hybridized carbons (Fsp3) is 0.273. The summed E-state index contributed by atoms with van der Waals surface area (Å²) in [4.78, 5) is -0.183. The summed E-state index contributed by atoms with van der Waals surface area (Å²) < 4.78 is 32.2. The Morgan fingerprint density at radius 2 is 1.41 bits per heavy atom. The van der Waals surface area contributed by atoms with Crippen molar-refractivity contribution in [2.75, 3.05) is 0 Å². The van der Waals surface area contributed by atoms with Gasteiger partial charge in [0.15, 0.2) is 5.75 Å². The van der Waals surface area contributed by atoms with Crippen LogP contribution in [-0.4, -0.2) is 18.1 Å². The summed E-state index contributed by atoms with van der Waals surface area (Å²) >= 11 is 0. The fourth-order valence-electron chi connectivity index (χ4n) is 2.65. The van der Waals surface area contributed by atoms with Crippen LogP contribution < -0.4 is 0 Å². The van der Waals surface area contributed by atoms with E-state index < -0.39 is 10.1 Å². The summed E-state index contributed by atoms with van der Waals surface area (Å²) in [7, 11) is -4.33. The largest absolute Gasteiger partial charge is 0.505 e.